The highest BCUT2D eigenvalue weighted by atomic mass is 16.5. The molecule has 2 rings (SSSR count). The van der Waals surface area contributed by atoms with Crippen molar-refractivity contribution >= 4 is 11.9 Å². The molecule has 6 N–H and O–H groups in total. The van der Waals surface area contributed by atoms with Gasteiger partial charge in [0, 0.05) is 12.3 Å². The van der Waals surface area contributed by atoms with Crippen molar-refractivity contribution in [1.82, 2.24) is 0 Å². The summed E-state index contributed by atoms with van der Waals surface area (Å²) in [5.74, 6) is -2.77. The van der Waals surface area contributed by atoms with Crippen LogP contribution in [-0.2, 0) is 14.3 Å². The van der Waals surface area contributed by atoms with Crippen LogP contribution in [0.25, 0.3) is 0 Å². The van der Waals surface area contributed by atoms with Crippen molar-refractivity contribution in [1.29, 1.82) is 0 Å². The van der Waals surface area contributed by atoms with E-state index in [0.717, 1.165) is 0 Å². The Morgan fingerprint density at radius 3 is 2.44 bits per heavy atom. The van der Waals surface area contributed by atoms with Crippen LogP contribution in [0.1, 0.15) is 59.3 Å². The van der Waals surface area contributed by atoms with Crippen molar-refractivity contribution in [3.63, 3.8) is 0 Å². The van der Waals surface area contributed by atoms with Crippen molar-refractivity contribution < 1.29 is 45.0 Å². The minimum Gasteiger partial charge on any atom is -0.481 e. The van der Waals surface area contributed by atoms with Crippen molar-refractivity contribution in [2.24, 2.45) is 23.7 Å². The molecule has 2 aliphatic carbocycles. The van der Waals surface area contributed by atoms with Crippen LogP contribution in [0.2, 0.25) is 0 Å². The zero-order chi connectivity index (χ0) is 24.2. The Bertz CT molecular complexity index is 678. The first-order chi connectivity index (χ1) is 15.0. The van der Waals surface area contributed by atoms with Gasteiger partial charge in [0.1, 0.15) is 12.2 Å². The smallest absolute Gasteiger partial charge is 0.308 e. The quantitative estimate of drug-likeness (QED) is 0.203. The first-order valence-electron chi connectivity index (χ1n) is 11.5. The Labute approximate surface area is 188 Å². The highest BCUT2D eigenvalue weighted by molar-refractivity contribution is 5.72. The molecule has 10 atom stereocenters. The zero-order valence-electron chi connectivity index (χ0n) is 19.0. The van der Waals surface area contributed by atoms with Crippen molar-refractivity contribution in [3.8, 4) is 0 Å². The fourth-order valence-corrected chi connectivity index (χ4v) is 4.91. The van der Waals surface area contributed by atoms with E-state index in [1.165, 1.54) is 6.08 Å². The summed E-state index contributed by atoms with van der Waals surface area (Å²) in [4.78, 5) is 23.2. The van der Waals surface area contributed by atoms with Crippen molar-refractivity contribution in [2.45, 2.75) is 95.9 Å². The van der Waals surface area contributed by atoms with Gasteiger partial charge >= 0.3 is 11.9 Å². The molecule has 0 unspecified atom stereocenters. The second-order valence-electron chi connectivity index (χ2n) is 9.46. The van der Waals surface area contributed by atoms with Gasteiger partial charge in [0.2, 0.25) is 0 Å². The Morgan fingerprint density at radius 1 is 1.19 bits per heavy atom. The molecule has 0 bridgehead atoms. The summed E-state index contributed by atoms with van der Waals surface area (Å²) in [5, 5.41) is 60.3. The first-order valence-corrected chi connectivity index (χ1v) is 11.5. The molecule has 0 spiro atoms. The average Bonchev–Trinajstić information content (AvgIpc) is 2.70. The van der Waals surface area contributed by atoms with Crippen molar-refractivity contribution in [3.05, 3.63) is 11.6 Å². The van der Waals surface area contributed by atoms with E-state index < -0.39 is 54.9 Å². The number of carboxylic acid groups (broad SMARTS) is 1. The van der Waals surface area contributed by atoms with Crippen LogP contribution >= 0.6 is 0 Å². The third-order valence-electron chi connectivity index (χ3n) is 7.07. The molecule has 0 radical (unpaired) electrons. The highest BCUT2D eigenvalue weighted by Gasteiger charge is 2.49. The molecular weight excluding hydrogens is 420 g/mol. The second kappa shape index (κ2) is 11.6. The van der Waals surface area contributed by atoms with Crippen LogP contribution < -0.4 is 0 Å². The number of hydrogen-bond acceptors (Lipinski definition) is 8. The van der Waals surface area contributed by atoms with Gasteiger partial charge in [-0.15, -0.1) is 0 Å². The molecule has 0 amide bonds. The van der Waals surface area contributed by atoms with Crippen molar-refractivity contribution in [2.75, 3.05) is 0 Å². The maximum absolute atomic E-state index is 12.5. The summed E-state index contributed by atoms with van der Waals surface area (Å²) in [6.45, 7) is 5.48. The van der Waals surface area contributed by atoms with Gasteiger partial charge in [-0.25, -0.2) is 0 Å². The molecule has 0 aromatic heterocycles. The maximum Gasteiger partial charge on any atom is 0.308 e. The number of carboxylic acids is 1. The SMILES string of the molecule is CC[C@H](C)C(=O)O[C@H]1C[C@H](O)[C@H](O)C2=C[C@@H](O)[C@H](C)[C@H](CC[C@@H](O)C[C@@H](O)CC(=O)O)[C@H]21. The Balaban J connectivity index is 2.19. The predicted molar refractivity (Wildman–Crippen MR) is 114 cm³/mol. The monoisotopic (exact) mass is 458 g/mol. The number of aliphatic hydroxyl groups excluding tert-OH is 5. The molecule has 184 valence electrons. The van der Waals surface area contributed by atoms with E-state index in [4.69, 9.17) is 9.84 Å². The number of hydrogen-bond donors (Lipinski definition) is 6. The standard InChI is InChI=1S/C23H38O9/c1-4-11(2)23(31)32-19-10-18(27)22(30)16-9-17(26)12(3)15(21(16)19)6-5-13(24)7-14(25)8-20(28)29/h9,11-15,17-19,21-22,24-27,30H,4-8,10H2,1-3H3,(H,28,29)/t11-,12+,13+,14+,15-,17+,18-,19-,21+,22+/m0/s1. The normalized spacial score (nSPS) is 35.2. The van der Waals surface area contributed by atoms with Gasteiger partial charge in [-0.05, 0) is 43.1 Å². The number of aliphatic hydroxyl groups is 5. The summed E-state index contributed by atoms with van der Waals surface area (Å²) in [7, 11) is 0. The Hall–Kier alpha value is -1.52. The molecule has 2 aliphatic rings. The zero-order valence-corrected chi connectivity index (χ0v) is 19.0. The van der Waals surface area contributed by atoms with E-state index in [1.807, 2.05) is 13.8 Å². The predicted octanol–water partition coefficient (Wildman–Crippen LogP) is 0.606. The molecule has 0 heterocycles. The van der Waals surface area contributed by atoms with Gasteiger partial charge in [-0.3, -0.25) is 9.59 Å². The summed E-state index contributed by atoms with van der Waals surface area (Å²) in [6.07, 6.45) is -3.62. The average molecular weight is 459 g/mol. The van der Waals surface area contributed by atoms with Crippen LogP contribution in [0, 0.1) is 23.7 Å². The molecule has 0 saturated heterocycles. The molecule has 9 heteroatoms. The lowest BCUT2D eigenvalue weighted by Gasteiger charge is -2.48. The van der Waals surface area contributed by atoms with E-state index in [9.17, 15) is 35.1 Å². The van der Waals surface area contributed by atoms with E-state index in [-0.39, 0.29) is 43.0 Å². The Morgan fingerprint density at radius 2 is 1.84 bits per heavy atom. The molecule has 1 fully saturated rings. The van der Waals surface area contributed by atoms with Crippen LogP contribution in [0.5, 0.6) is 0 Å². The fraction of sp³-hybridized carbons (Fsp3) is 0.826. The largest absolute Gasteiger partial charge is 0.481 e. The fourth-order valence-electron chi connectivity index (χ4n) is 4.91. The van der Waals surface area contributed by atoms with Crippen LogP contribution in [0.15, 0.2) is 11.6 Å². The van der Waals surface area contributed by atoms with Gasteiger partial charge in [-0.2, -0.15) is 0 Å². The lowest BCUT2D eigenvalue weighted by atomic mass is 9.62. The van der Waals surface area contributed by atoms with Gasteiger partial charge in [-0.1, -0.05) is 26.8 Å². The van der Waals surface area contributed by atoms with Crippen LogP contribution in [-0.4, -0.2) is 79.2 Å². The summed E-state index contributed by atoms with van der Waals surface area (Å²) in [6, 6.07) is 0. The molecular formula is C23H38O9. The Kier molecular flexibility index (Phi) is 9.66. The summed E-state index contributed by atoms with van der Waals surface area (Å²) < 4.78 is 5.76. The molecule has 9 nitrogen and oxygen atoms in total. The molecule has 0 aromatic rings. The van der Waals surface area contributed by atoms with Crippen LogP contribution in [0.4, 0.5) is 0 Å². The summed E-state index contributed by atoms with van der Waals surface area (Å²) in [5.41, 5.74) is 0.446. The second-order valence-corrected chi connectivity index (χ2v) is 9.46. The maximum atomic E-state index is 12.5. The van der Waals surface area contributed by atoms with Gasteiger partial charge < -0.3 is 35.4 Å². The van der Waals surface area contributed by atoms with E-state index in [0.29, 0.717) is 18.4 Å². The molecule has 0 aliphatic heterocycles. The number of carbonyl (C=O) groups is 2. The van der Waals surface area contributed by atoms with E-state index >= 15 is 0 Å². The topological polar surface area (TPSA) is 165 Å². The number of fused-ring (bicyclic) bond motifs is 1. The number of rotatable bonds is 10. The molecule has 32 heavy (non-hydrogen) atoms. The molecule has 1 saturated carbocycles. The minimum absolute atomic E-state index is 0.0740. The lowest BCUT2D eigenvalue weighted by molar-refractivity contribution is -0.165. The number of carbonyl (C=O) groups excluding carboxylic acids is 1. The minimum atomic E-state index is -1.18. The summed E-state index contributed by atoms with van der Waals surface area (Å²) >= 11 is 0. The van der Waals surface area contributed by atoms with E-state index in [1.54, 1.807) is 6.92 Å². The molecule has 0 aromatic carbocycles. The van der Waals surface area contributed by atoms with Gasteiger partial charge in [0.15, 0.2) is 0 Å². The third kappa shape index (κ3) is 6.51. The van der Waals surface area contributed by atoms with Crippen LogP contribution in [0.3, 0.4) is 0 Å². The third-order valence-corrected chi connectivity index (χ3v) is 7.07. The first kappa shape index (κ1) is 26.7. The van der Waals surface area contributed by atoms with Gasteiger partial charge in [0.05, 0.1) is 36.8 Å². The number of aliphatic carboxylic acids is 1. The number of ether oxygens (including phenoxy) is 1. The number of esters is 1. The highest BCUT2D eigenvalue weighted by Crippen LogP contribution is 2.46. The van der Waals surface area contributed by atoms with Gasteiger partial charge in [0.25, 0.3) is 0 Å². The lowest BCUT2D eigenvalue weighted by Crippen LogP contribution is -2.53. The van der Waals surface area contributed by atoms with E-state index in [2.05, 4.69) is 0 Å².